The van der Waals surface area contributed by atoms with E-state index >= 15 is 0 Å². The predicted octanol–water partition coefficient (Wildman–Crippen LogP) is 1.18. The first-order valence-corrected chi connectivity index (χ1v) is 3.90. The number of aliphatic hydroxyl groups is 1. The fourth-order valence-electron chi connectivity index (χ4n) is 1.69. The summed E-state index contributed by atoms with van der Waals surface area (Å²) in [6.45, 7) is 2.58. The molecular weight excluding hydrogens is 128 g/mol. The standard InChI is InChI=1S/C8H16O2/c1-7-4-3-5-8(7,9)6-10-2/h7,9H,3-6H2,1-2H3. The third-order valence-electron chi connectivity index (χ3n) is 2.56. The molecule has 10 heavy (non-hydrogen) atoms. The second-order valence-corrected chi connectivity index (χ2v) is 3.33. The highest BCUT2D eigenvalue weighted by Crippen LogP contribution is 2.35. The van der Waals surface area contributed by atoms with Crippen molar-refractivity contribution in [1.29, 1.82) is 0 Å². The minimum Gasteiger partial charge on any atom is -0.387 e. The van der Waals surface area contributed by atoms with Gasteiger partial charge in [0.15, 0.2) is 0 Å². The molecule has 0 radical (unpaired) electrons. The van der Waals surface area contributed by atoms with E-state index in [-0.39, 0.29) is 0 Å². The molecule has 2 heteroatoms. The zero-order valence-corrected chi connectivity index (χ0v) is 6.76. The van der Waals surface area contributed by atoms with Crippen LogP contribution in [0.25, 0.3) is 0 Å². The molecule has 2 unspecified atom stereocenters. The maximum atomic E-state index is 9.83. The maximum absolute atomic E-state index is 9.83. The smallest absolute Gasteiger partial charge is 0.0905 e. The van der Waals surface area contributed by atoms with Gasteiger partial charge in [0.05, 0.1) is 12.2 Å². The zero-order chi connectivity index (χ0) is 7.61. The van der Waals surface area contributed by atoms with Crippen molar-refractivity contribution in [1.82, 2.24) is 0 Å². The van der Waals surface area contributed by atoms with Crippen molar-refractivity contribution in [2.24, 2.45) is 5.92 Å². The van der Waals surface area contributed by atoms with E-state index in [1.807, 2.05) is 0 Å². The van der Waals surface area contributed by atoms with Gasteiger partial charge in [0, 0.05) is 7.11 Å². The SMILES string of the molecule is COCC1(O)CCCC1C. The molecule has 2 nitrogen and oxygen atoms in total. The van der Waals surface area contributed by atoms with Crippen LogP contribution in [0.4, 0.5) is 0 Å². The Morgan fingerprint density at radius 1 is 1.70 bits per heavy atom. The van der Waals surface area contributed by atoms with Crippen molar-refractivity contribution in [3.63, 3.8) is 0 Å². The fourth-order valence-corrected chi connectivity index (χ4v) is 1.69. The van der Waals surface area contributed by atoms with Crippen molar-refractivity contribution < 1.29 is 9.84 Å². The summed E-state index contributed by atoms with van der Waals surface area (Å²) in [5.74, 6) is 0.410. The highest BCUT2D eigenvalue weighted by Gasteiger charge is 2.37. The number of methoxy groups -OCH3 is 1. The third kappa shape index (κ3) is 1.32. The third-order valence-corrected chi connectivity index (χ3v) is 2.56. The molecule has 0 aromatic rings. The Balaban J connectivity index is 2.48. The summed E-state index contributed by atoms with van der Waals surface area (Å²) in [5.41, 5.74) is -0.519. The molecule has 0 aromatic heterocycles. The van der Waals surface area contributed by atoms with Gasteiger partial charge in [-0.2, -0.15) is 0 Å². The van der Waals surface area contributed by atoms with E-state index in [1.54, 1.807) is 7.11 Å². The molecule has 2 atom stereocenters. The van der Waals surface area contributed by atoms with E-state index < -0.39 is 5.60 Å². The molecule has 0 heterocycles. The molecule has 1 fully saturated rings. The Bertz CT molecular complexity index is 114. The first-order chi connectivity index (χ1) is 4.69. The van der Waals surface area contributed by atoms with Gasteiger partial charge in [0.25, 0.3) is 0 Å². The minimum atomic E-state index is -0.519. The molecule has 0 aromatic carbocycles. The summed E-state index contributed by atoms with van der Waals surface area (Å²) in [4.78, 5) is 0. The molecule has 1 saturated carbocycles. The molecule has 1 aliphatic rings. The Hall–Kier alpha value is -0.0800. The summed E-state index contributed by atoms with van der Waals surface area (Å²) in [6.07, 6.45) is 3.18. The molecular formula is C8H16O2. The van der Waals surface area contributed by atoms with E-state index in [1.165, 1.54) is 0 Å². The van der Waals surface area contributed by atoms with Crippen LogP contribution < -0.4 is 0 Å². The highest BCUT2D eigenvalue weighted by atomic mass is 16.5. The van der Waals surface area contributed by atoms with Crippen molar-refractivity contribution in [3.05, 3.63) is 0 Å². The minimum absolute atomic E-state index is 0.410. The lowest BCUT2D eigenvalue weighted by Crippen LogP contribution is -2.36. The Kier molecular flexibility index (Phi) is 2.32. The van der Waals surface area contributed by atoms with Crippen molar-refractivity contribution >= 4 is 0 Å². The van der Waals surface area contributed by atoms with Crippen LogP contribution in [0.2, 0.25) is 0 Å². The fraction of sp³-hybridized carbons (Fsp3) is 1.00. The maximum Gasteiger partial charge on any atom is 0.0905 e. The van der Waals surface area contributed by atoms with Gasteiger partial charge in [-0.1, -0.05) is 13.3 Å². The van der Waals surface area contributed by atoms with Gasteiger partial charge < -0.3 is 9.84 Å². The first kappa shape index (κ1) is 8.02. The van der Waals surface area contributed by atoms with Gasteiger partial charge in [-0.05, 0) is 18.8 Å². The van der Waals surface area contributed by atoms with Crippen LogP contribution in [0.15, 0.2) is 0 Å². The van der Waals surface area contributed by atoms with E-state index in [2.05, 4.69) is 6.92 Å². The Labute approximate surface area is 62.2 Å². The van der Waals surface area contributed by atoms with Gasteiger partial charge in [-0.25, -0.2) is 0 Å². The molecule has 1 rings (SSSR count). The van der Waals surface area contributed by atoms with Gasteiger partial charge >= 0.3 is 0 Å². The summed E-state index contributed by atoms with van der Waals surface area (Å²) < 4.78 is 4.95. The Morgan fingerprint density at radius 2 is 2.40 bits per heavy atom. The second-order valence-electron chi connectivity index (χ2n) is 3.33. The van der Waals surface area contributed by atoms with Crippen LogP contribution in [0.5, 0.6) is 0 Å². The Morgan fingerprint density at radius 3 is 2.80 bits per heavy atom. The average Bonchev–Trinajstić information content (AvgIpc) is 2.15. The molecule has 1 N–H and O–H groups in total. The molecule has 1 aliphatic carbocycles. The van der Waals surface area contributed by atoms with Crippen LogP contribution in [-0.4, -0.2) is 24.4 Å². The zero-order valence-electron chi connectivity index (χ0n) is 6.76. The van der Waals surface area contributed by atoms with Crippen LogP contribution in [0, 0.1) is 5.92 Å². The quantitative estimate of drug-likeness (QED) is 0.630. The van der Waals surface area contributed by atoms with Gasteiger partial charge in [0.1, 0.15) is 0 Å². The molecule has 0 saturated heterocycles. The molecule has 0 aliphatic heterocycles. The first-order valence-electron chi connectivity index (χ1n) is 3.90. The number of rotatable bonds is 2. The second kappa shape index (κ2) is 2.89. The predicted molar refractivity (Wildman–Crippen MR) is 39.8 cm³/mol. The van der Waals surface area contributed by atoms with Crippen molar-refractivity contribution in [2.45, 2.75) is 31.8 Å². The van der Waals surface area contributed by atoms with Gasteiger partial charge in [-0.15, -0.1) is 0 Å². The highest BCUT2D eigenvalue weighted by molar-refractivity contribution is 4.89. The molecule has 0 bridgehead atoms. The summed E-state index contributed by atoms with van der Waals surface area (Å²) in [7, 11) is 1.64. The summed E-state index contributed by atoms with van der Waals surface area (Å²) in [5, 5.41) is 9.83. The summed E-state index contributed by atoms with van der Waals surface area (Å²) >= 11 is 0. The largest absolute Gasteiger partial charge is 0.387 e. The lowest BCUT2D eigenvalue weighted by Gasteiger charge is -2.26. The van der Waals surface area contributed by atoms with E-state index in [4.69, 9.17) is 4.74 Å². The average molecular weight is 144 g/mol. The van der Waals surface area contributed by atoms with Crippen LogP contribution >= 0.6 is 0 Å². The monoisotopic (exact) mass is 144 g/mol. The van der Waals surface area contributed by atoms with Crippen LogP contribution in [0.1, 0.15) is 26.2 Å². The van der Waals surface area contributed by atoms with Gasteiger partial charge in [0.2, 0.25) is 0 Å². The van der Waals surface area contributed by atoms with Crippen LogP contribution in [0.3, 0.4) is 0 Å². The van der Waals surface area contributed by atoms with Gasteiger partial charge in [-0.3, -0.25) is 0 Å². The normalized spacial score (nSPS) is 40.5. The summed E-state index contributed by atoms with van der Waals surface area (Å²) in [6, 6.07) is 0. The molecule has 60 valence electrons. The topological polar surface area (TPSA) is 29.5 Å². The number of hydrogen-bond acceptors (Lipinski definition) is 2. The number of ether oxygens (including phenoxy) is 1. The lowest BCUT2D eigenvalue weighted by molar-refractivity contribution is -0.0533. The molecule has 0 spiro atoms. The van der Waals surface area contributed by atoms with Crippen LogP contribution in [-0.2, 0) is 4.74 Å². The van der Waals surface area contributed by atoms with E-state index in [0.717, 1.165) is 19.3 Å². The lowest BCUT2D eigenvalue weighted by atomic mass is 9.94. The van der Waals surface area contributed by atoms with Crippen molar-refractivity contribution in [2.75, 3.05) is 13.7 Å². The van der Waals surface area contributed by atoms with Crippen molar-refractivity contribution in [3.8, 4) is 0 Å². The number of hydrogen-bond donors (Lipinski definition) is 1. The van der Waals surface area contributed by atoms with E-state index in [9.17, 15) is 5.11 Å². The van der Waals surface area contributed by atoms with E-state index in [0.29, 0.717) is 12.5 Å². The molecule has 0 amide bonds.